The Kier molecular flexibility index (Phi) is 4.67. The number of hydrogen-bond acceptors (Lipinski definition) is 5. The first-order valence-electron chi connectivity index (χ1n) is 7.15. The average Bonchev–Trinajstić information content (AvgIpc) is 2.46. The summed E-state index contributed by atoms with van der Waals surface area (Å²) in [6.07, 6.45) is 1.40. The summed E-state index contributed by atoms with van der Waals surface area (Å²) < 4.78 is 26.7. The number of piperazine rings is 1. The first-order chi connectivity index (χ1) is 9.75. The normalized spacial score (nSPS) is 18.9. The lowest BCUT2D eigenvalue weighted by Crippen LogP contribution is -2.54. The molecule has 6 nitrogen and oxygen atoms in total. The molecule has 0 aliphatic carbocycles. The van der Waals surface area contributed by atoms with E-state index in [1.165, 1.54) is 10.5 Å². The van der Waals surface area contributed by atoms with Gasteiger partial charge in [-0.05, 0) is 32.9 Å². The van der Waals surface area contributed by atoms with Gasteiger partial charge in [0.1, 0.15) is 4.90 Å². The maximum absolute atomic E-state index is 12.6. The number of sulfonamides is 1. The van der Waals surface area contributed by atoms with E-state index in [-0.39, 0.29) is 10.4 Å². The topological polar surface area (TPSA) is 79.5 Å². The van der Waals surface area contributed by atoms with Gasteiger partial charge in [0.05, 0.1) is 5.69 Å². The van der Waals surface area contributed by atoms with Crippen LogP contribution < -0.4 is 5.73 Å². The van der Waals surface area contributed by atoms with Gasteiger partial charge in [0.15, 0.2) is 0 Å². The predicted octanol–water partition coefficient (Wildman–Crippen LogP) is 0.645. The van der Waals surface area contributed by atoms with Gasteiger partial charge in [-0.25, -0.2) is 8.42 Å². The first kappa shape index (κ1) is 16.4. The third-order valence-electron chi connectivity index (χ3n) is 3.83. The van der Waals surface area contributed by atoms with Crippen molar-refractivity contribution in [1.82, 2.24) is 14.2 Å². The van der Waals surface area contributed by atoms with Crippen molar-refractivity contribution in [2.24, 2.45) is 5.73 Å². The summed E-state index contributed by atoms with van der Waals surface area (Å²) in [4.78, 5) is 6.61. The van der Waals surface area contributed by atoms with E-state index in [4.69, 9.17) is 5.73 Å². The molecule has 1 fully saturated rings. The molecule has 0 unspecified atom stereocenters. The van der Waals surface area contributed by atoms with Crippen molar-refractivity contribution >= 4 is 10.0 Å². The molecule has 1 aromatic rings. The Labute approximate surface area is 127 Å². The Morgan fingerprint density at radius 1 is 1.19 bits per heavy atom. The SMILES string of the molecule is CC(C)(C)N1CCN(S(=O)(=O)c2ccc(CN)nc2)CC1. The van der Waals surface area contributed by atoms with Gasteiger partial charge in [0, 0.05) is 44.5 Å². The van der Waals surface area contributed by atoms with Gasteiger partial charge >= 0.3 is 0 Å². The van der Waals surface area contributed by atoms with Gasteiger partial charge in [-0.15, -0.1) is 0 Å². The van der Waals surface area contributed by atoms with E-state index in [1.54, 1.807) is 12.1 Å². The third kappa shape index (κ3) is 3.60. The van der Waals surface area contributed by atoms with E-state index in [0.717, 1.165) is 13.1 Å². The summed E-state index contributed by atoms with van der Waals surface area (Å²) in [5.41, 5.74) is 6.24. The smallest absolute Gasteiger partial charge is 0.244 e. The molecule has 0 saturated carbocycles. The van der Waals surface area contributed by atoms with Crippen LogP contribution in [0.3, 0.4) is 0 Å². The molecule has 2 heterocycles. The molecule has 0 amide bonds. The highest BCUT2D eigenvalue weighted by Gasteiger charge is 2.32. The highest BCUT2D eigenvalue weighted by molar-refractivity contribution is 7.89. The van der Waals surface area contributed by atoms with Crippen molar-refractivity contribution in [1.29, 1.82) is 0 Å². The third-order valence-corrected chi connectivity index (χ3v) is 5.71. The molecule has 1 saturated heterocycles. The maximum atomic E-state index is 12.6. The Morgan fingerprint density at radius 2 is 1.81 bits per heavy atom. The molecule has 1 aliphatic heterocycles. The van der Waals surface area contributed by atoms with E-state index in [0.29, 0.717) is 25.3 Å². The molecule has 7 heteroatoms. The standard InChI is InChI=1S/C14H24N4O2S/c1-14(2,3)17-6-8-18(9-7-17)21(19,20)13-5-4-12(10-15)16-11-13/h4-5,11H,6-10,15H2,1-3H3. The van der Waals surface area contributed by atoms with Crippen molar-refractivity contribution in [2.75, 3.05) is 26.2 Å². The number of pyridine rings is 1. The fourth-order valence-electron chi connectivity index (χ4n) is 2.43. The molecule has 0 bridgehead atoms. The van der Waals surface area contributed by atoms with Gasteiger partial charge in [-0.1, -0.05) is 0 Å². The molecule has 2 N–H and O–H groups in total. The van der Waals surface area contributed by atoms with Crippen LogP contribution in [0.1, 0.15) is 26.5 Å². The molecule has 21 heavy (non-hydrogen) atoms. The van der Waals surface area contributed by atoms with Crippen LogP contribution in [-0.2, 0) is 16.6 Å². The number of nitrogens with two attached hydrogens (primary N) is 1. The second kappa shape index (κ2) is 6.00. The molecule has 1 aromatic heterocycles. The minimum Gasteiger partial charge on any atom is -0.325 e. The predicted molar refractivity (Wildman–Crippen MR) is 82.2 cm³/mol. The van der Waals surface area contributed by atoms with Crippen LogP contribution in [0.5, 0.6) is 0 Å². The molecule has 118 valence electrons. The lowest BCUT2D eigenvalue weighted by molar-refractivity contribution is 0.0922. The highest BCUT2D eigenvalue weighted by Crippen LogP contribution is 2.21. The number of aromatic nitrogens is 1. The Bertz CT molecular complexity index is 570. The van der Waals surface area contributed by atoms with Gasteiger partial charge in [0.25, 0.3) is 0 Å². The molecule has 0 atom stereocenters. The minimum absolute atomic E-state index is 0.0696. The van der Waals surface area contributed by atoms with Crippen LogP contribution in [-0.4, -0.2) is 54.3 Å². The zero-order valence-electron chi connectivity index (χ0n) is 12.9. The Morgan fingerprint density at radius 3 is 2.24 bits per heavy atom. The zero-order valence-corrected chi connectivity index (χ0v) is 13.7. The monoisotopic (exact) mass is 312 g/mol. The Hall–Kier alpha value is -1.02. The summed E-state index contributed by atoms with van der Waals surface area (Å²) in [7, 11) is -3.45. The van der Waals surface area contributed by atoms with Crippen molar-refractivity contribution in [3.8, 4) is 0 Å². The maximum Gasteiger partial charge on any atom is 0.244 e. The van der Waals surface area contributed by atoms with Crippen LogP contribution in [0.25, 0.3) is 0 Å². The van der Waals surface area contributed by atoms with Crippen LogP contribution in [0, 0.1) is 0 Å². The van der Waals surface area contributed by atoms with Gasteiger partial charge in [0.2, 0.25) is 10.0 Å². The summed E-state index contributed by atoms with van der Waals surface area (Å²) in [5.74, 6) is 0. The van der Waals surface area contributed by atoms with Crippen LogP contribution in [0.2, 0.25) is 0 Å². The summed E-state index contributed by atoms with van der Waals surface area (Å²) in [6, 6.07) is 3.25. The van der Waals surface area contributed by atoms with Crippen molar-refractivity contribution in [3.05, 3.63) is 24.0 Å². The quantitative estimate of drug-likeness (QED) is 0.886. The number of hydrogen-bond donors (Lipinski definition) is 1. The van der Waals surface area contributed by atoms with Crippen LogP contribution >= 0.6 is 0 Å². The second-order valence-corrected chi connectivity index (χ2v) is 8.19. The first-order valence-corrected chi connectivity index (χ1v) is 8.59. The minimum atomic E-state index is -3.45. The summed E-state index contributed by atoms with van der Waals surface area (Å²) in [6.45, 7) is 9.26. The Balaban J connectivity index is 2.11. The molecule has 0 aromatic carbocycles. The van der Waals surface area contributed by atoms with E-state index >= 15 is 0 Å². The summed E-state index contributed by atoms with van der Waals surface area (Å²) in [5, 5.41) is 0. The fourth-order valence-corrected chi connectivity index (χ4v) is 3.80. The molecule has 2 rings (SSSR count). The van der Waals surface area contributed by atoms with Gasteiger partial charge in [-0.2, -0.15) is 4.31 Å². The van der Waals surface area contributed by atoms with Gasteiger partial charge < -0.3 is 5.73 Å². The van der Waals surface area contributed by atoms with E-state index in [2.05, 4.69) is 30.7 Å². The van der Waals surface area contributed by atoms with E-state index in [9.17, 15) is 8.42 Å². The van der Waals surface area contributed by atoms with Crippen LogP contribution in [0.15, 0.2) is 23.2 Å². The molecular formula is C14H24N4O2S. The second-order valence-electron chi connectivity index (χ2n) is 6.25. The fraction of sp³-hybridized carbons (Fsp3) is 0.643. The van der Waals surface area contributed by atoms with Crippen molar-refractivity contribution in [3.63, 3.8) is 0 Å². The van der Waals surface area contributed by atoms with E-state index in [1.807, 2.05) is 0 Å². The van der Waals surface area contributed by atoms with E-state index < -0.39 is 10.0 Å². The molecular weight excluding hydrogens is 288 g/mol. The summed E-state index contributed by atoms with van der Waals surface area (Å²) >= 11 is 0. The van der Waals surface area contributed by atoms with Crippen molar-refractivity contribution < 1.29 is 8.42 Å². The largest absolute Gasteiger partial charge is 0.325 e. The molecule has 0 radical (unpaired) electrons. The molecule has 1 aliphatic rings. The lowest BCUT2D eigenvalue weighted by Gasteiger charge is -2.41. The number of nitrogens with zero attached hydrogens (tertiary/aromatic N) is 3. The highest BCUT2D eigenvalue weighted by atomic mass is 32.2. The molecule has 0 spiro atoms. The number of rotatable bonds is 3. The van der Waals surface area contributed by atoms with Crippen LogP contribution in [0.4, 0.5) is 0 Å². The zero-order chi connectivity index (χ0) is 15.7. The van der Waals surface area contributed by atoms with Crippen molar-refractivity contribution in [2.45, 2.75) is 37.8 Å². The lowest BCUT2D eigenvalue weighted by atomic mass is 10.1. The van der Waals surface area contributed by atoms with Gasteiger partial charge in [-0.3, -0.25) is 9.88 Å². The average molecular weight is 312 g/mol.